The Balaban J connectivity index is 1.96. The molecular formula is C33H35N3O7. The van der Waals surface area contributed by atoms with E-state index in [1.807, 2.05) is 0 Å². The highest BCUT2D eigenvalue weighted by molar-refractivity contribution is 6.03. The van der Waals surface area contributed by atoms with Gasteiger partial charge in [-0.3, -0.25) is 19.3 Å². The fraction of sp³-hybridized carbons (Fsp3) is 0.273. The largest absolute Gasteiger partial charge is 0.497 e. The Morgan fingerprint density at radius 2 is 1.58 bits per heavy atom. The predicted molar refractivity (Wildman–Crippen MR) is 159 cm³/mol. The molecule has 0 fully saturated rings. The number of rotatable bonds is 10. The first kappa shape index (κ1) is 31.0. The SMILES string of the molecule is COc1cccc(C2=CN(C(=O)c3ccccc3)C(C(C)C)C(=O)N2N(C(C)=O)[C@@H](Cc2ccccc2)C(O)C(=O)O)c1. The molecule has 0 aromatic heterocycles. The van der Waals surface area contributed by atoms with Gasteiger partial charge in [0.1, 0.15) is 11.8 Å². The number of carbonyl (C=O) groups excluding carboxylic acids is 3. The topological polar surface area (TPSA) is 128 Å². The highest BCUT2D eigenvalue weighted by Gasteiger charge is 2.47. The number of hydrazine groups is 1. The molecule has 10 nitrogen and oxygen atoms in total. The number of amides is 3. The lowest BCUT2D eigenvalue weighted by Gasteiger charge is -2.47. The van der Waals surface area contributed by atoms with Crippen molar-refractivity contribution in [2.24, 2.45) is 5.92 Å². The lowest BCUT2D eigenvalue weighted by atomic mass is 9.96. The summed E-state index contributed by atoms with van der Waals surface area (Å²) in [7, 11) is 1.48. The minimum absolute atomic E-state index is 0.0674. The van der Waals surface area contributed by atoms with E-state index in [1.54, 1.807) is 98.8 Å². The van der Waals surface area contributed by atoms with Crippen molar-refractivity contribution in [1.29, 1.82) is 0 Å². The first-order chi connectivity index (χ1) is 20.5. The van der Waals surface area contributed by atoms with Gasteiger partial charge in [0.05, 0.1) is 18.8 Å². The molecule has 0 spiro atoms. The third-order valence-corrected chi connectivity index (χ3v) is 7.26. The second-order valence-electron chi connectivity index (χ2n) is 10.6. The van der Waals surface area contributed by atoms with Crippen LogP contribution in [0.5, 0.6) is 5.75 Å². The zero-order valence-corrected chi connectivity index (χ0v) is 24.5. The summed E-state index contributed by atoms with van der Waals surface area (Å²) in [5, 5.41) is 22.9. The molecule has 0 aliphatic carbocycles. The molecule has 0 radical (unpaired) electrons. The highest BCUT2D eigenvalue weighted by Crippen LogP contribution is 2.35. The number of methoxy groups -OCH3 is 1. The molecule has 1 heterocycles. The van der Waals surface area contributed by atoms with Gasteiger partial charge in [-0.15, -0.1) is 0 Å². The van der Waals surface area contributed by atoms with E-state index < -0.39 is 47.8 Å². The smallest absolute Gasteiger partial charge is 0.334 e. The fourth-order valence-electron chi connectivity index (χ4n) is 5.23. The number of aliphatic carboxylic acids is 1. The molecule has 43 heavy (non-hydrogen) atoms. The number of carboxylic acids is 1. The zero-order chi connectivity index (χ0) is 31.3. The molecule has 0 saturated heterocycles. The third kappa shape index (κ3) is 6.60. The van der Waals surface area contributed by atoms with Gasteiger partial charge in [0.15, 0.2) is 6.10 Å². The fourth-order valence-corrected chi connectivity index (χ4v) is 5.23. The second-order valence-corrected chi connectivity index (χ2v) is 10.6. The van der Waals surface area contributed by atoms with Crippen molar-refractivity contribution < 1.29 is 34.1 Å². The van der Waals surface area contributed by atoms with E-state index in [2.05, 4.69) is 0 Å². The molecule has 2 unspecified atom stereocenters. The van der Waals surface area contributed by atoms with Crippen molar-refractivity contribution in [3.63, 3.8) is 0 Å². The maximum Gasteiger partial charge on any atom is 0.334 e. The molecule has 1 aliphatic rings. The third-order valence-electron chi connectivity index (χ3n) is 7.26. The van der Waals surface area contributed by atoms with Crippen molar-refractivity contribution in [2.75, 3.05) is 7.11 Å². The number of aliphatic hydroxyl groups excluding tert-OH is 1. The first-order valence-electron chi connectivity index (χ1n) is 13.9. The molecule has 3 amide bonds. The van der Waals surface area contributed by atoms with Gasteiger partial charge in [0, 0.05) is 24.3 Å². The van der Waals surface area contributed by atoms with Crippen LogP contribution in [-0.4, -0.2) is 74.1 Å². The summed E-state index contributed by atoms with van der Waals surface area (Å²) in [6, 6.07) is 21.6. The molecule has 3 atom stereocenters. The predicted octanol–water partition coefficient (Wildman–Crippen LogP) is 3.82. The number of hydrogen-bond donors (Lipinski definition) is 2. The average molecular weight is 586 g/mol. The minimum atomic E-state index is -2.04. The van der Waals surface area contributed by atoms with Crippen molar-refractivity contribution in [2.45, 2.75) is 45.4 Å². The van der Waals surface area contributed by atoms with Crippen LogP contribution in [0, 0.1) is 5.92 Å². The maximum atomic E-state index is 14.6. The van der Waals surface area contributed by atoms with Crippen molar-refractivity contribution in [1.82, 2.24) is 14.9 Å². The van der Waals surface area contributed by atoms with Crippen LogP contribution in [0.15, 0.2) is 91.1 Å². The maximum absolute atomic E-state index is 14.6. The summed E-state index contributed by atoms with van der Waals surface area (Å²) in [6.45, 7) is 4.76. The summed E-state index contributed by atoms with van der Waals surface area (Å²) < 4.78 is 5.41. The number of carboxylic acid groups (broad SMARTS) is 1. The molecule has 3 aromatic rings. The van der Waals surface area contributed by atoms with E-state index in [0.717, 1.165) is 10.0 Å². The van der Waals surface area contributed by atoms with E-state index in [4.69, 9.17) is 4.74 Å². The Morgan fingerprint density at radius 1 is 0.953 bits per heavy atom. The highest BCUT2D eigenvalue weighted by atomic mass is 16.5. The molecule has 3 aromatic carbocycles. The van der Waals surface area contributed by atoms with Gasteiger partial charge in [-0.25, -0.2) is 14.8 Å². The Kier molecular flexibility index (Phi) is 9.62. The molecule has 1 aliphatic heterocycles. The van der Waals surface area contributed by atoms with Crippen LogP contribution in [0.1, 0.15) is 42.3 Å². The number of carbonyl (C=O) groups is 4. The van der Waals surface area contributed by atoms with Gasteiger partial charge in [-0.05, 0) is 42.2 Å². The normalized spacial score (nSPS) is 16.4. The van der Waals surface area contributed by atoms with Gasteiger partial charge in [0.25, 0.3) is 11.8 Å². The molecule has 2 N–H and O–H groups in total. The molecule has 224 valence electrons. The second kappa shape index (κ2) is 13.3. The lowest BCUT2D eigenvalue weighted by Crippen LogP contribution is -2.64. The zero-order valence-electron chi connectivity index (χ0n) is 24.5. The number of benzene rings is 3. The minimum Gasteiger partial charge on any atom is -0.497 e. The summed E-state index contributed by atoms with van der Waals surface area (Å²) in [5.74, 6) is -3.23. The van der Waals surface area contributed by atoms with Crippen LogP contribution < -0.4 is 4.74 Å². The van der Waals surface area contributed by atoms with Crippen LogP contribution in [0.3, 0.4) is 0 Å². The molecule has 0 saturated carbocycles. The molecule has 0 bridgehead atoms. The number of nitrogens with zero attached hydrogens (tertiary/aromatic N) is 3. The van der Waals surface area contributed by atoms with Crippen molar-refractivity contribution in [3.05, 3.63) is 108 Å². The molecule has 4 rings (SSSR count). The summed E-state index contributed by atoms with van der Waals surface area (Å²) in [5.41, 5.74) is 1.57. The quantitative estimate of drug-likeness (QED) is 0.370. The number of hydrogen-bond acceptors (Lipinski definition) is 6. The van der Waals surface area contributed by atoms with Crippen LogP contribution in [0.25, 0.3) is 5.70 Å². The summed E-state index contributed by atoms with van der Waals surface area (Å²) in [4.78, 5) is 55.4. The van der Waals surface area contributed by atoms with E-state index in [-0.39, 0.29) is 12.1 Å². The van der Waals surface area contributed by atoms with Crippen LogP contribution in [-0.2, 0) is 20.8 Å². The number of aliphatic hydroxyl groups is 1. The van der Waals surface area contributed by atoms with Crippen LogP contribution in [0.2, 0.25) is 0 Å². The van der Waals surface area contributed by atoms with E-state index in [0.29, 0.717) is 22.4 Å². The number of ether oxygens (including phenoxy) is 1. The summed E-state index contributed by atoms with van der Waals surface area (Å²) >= 11 is 0. The lowest BCUT2D eigenvalue weighted by molar-refractivity contribution is -0.173. The first-order valence-corrected chi connectivity index (χ1v) is 13.9. The Morgan fingerprint density at radius 3 is 2.14 bits per heavy atom. The van der Waals surface area contributed by atoms with Gasteiger partial charge in [0.2, 0.25) is 5.91 Å². The van der Waals surface area contributed by atoms with E-state index in [9.17, 15) is 29.4 Å². The van der Waals surface area contributed by atoms with Gasteiger partial charge in [-0.2, -0.15) is 0 Å². The monoisotopic (exact) mass is 585 g/mol. The van der Waals surface area contributed by atoms with Crippen molar-refractivity contribution in [3.8, 4) is 5.75 Å². The molecular weight excluding hydrogens is 550 g/mol. The Hall–Kier alpha value is -4.96. The Bertz CT molecular complexity index is 1510. The van der Waals surface area contributed by atoms with Gasteiger partial charge >= 0.3 is 5.97 Å². The van der Waals surface area contributed by atoms with E-state index >= 15 is 0 Å². The van der Waals surface area contributed by atoms with Crippen LogP contribution in [0.4, 0.5) is 0 Å². The standard InChI is InChI=1S/C33H35N3O7/c1-21(2)29-32(40)36(35(22(3)37)27(30(38)33(41)42)18-23-12-7-5-8-13-23)28(25-16-11-17-26(19-25)43-4)20-34(29)31(39)24-14-9-6-10-15-24/h5-17,19-21,27,29-30,38H,18H2,1-4H3,(H,41,42)/t27-,29?,30?/m0/s1. The van der Waals surface area contributed by atoms with E-state index in [1.165, 1.54) is 25.1 Å². The van der Waals surface area contributed by atoms with Gasteiger partial charge in [-0.1, -0.05) is 74.5 Å². The summed E-state index contributed by atoms with van der Waals surface area (Å²) in [6.07, 6.45) is -0.606. The van der Waals surface area contributed by atoms with Crippen LogP contribution >= 0.6 is 0 Å². The average Bonchev–Trinajstić information content (AvgIpc) is 3.00. The van der Waals surface area contributed by atoms with Crippen molar-refractivity contribution >= 4 is 29.4 Å². The Labute approximate surface area is 250 Å². The van der Waals surface area contributed by atoms with Gasteiger partial charge < -0.3 is 14.9 Å². The molecule has 10 heteroatoms.